The fourth-order valence-corrected chi connectivity index (χ4v) is 10.2. The smallest absolute Gasteiger partial charge is 0.165 e. The number of aromatic nitrogens is 5. The zero-order valence-corrected chi connectivity index (χ0v) is 31.6. The van der Waals surface area contributed by atoms with E-state index in [0.717, 1.165) is 50.3 Å². The summed E-state index contributed by atoms with van der Waals surface area (Å²) >= 11 is 0. The number of hydrogen-bond acceptors (Lipinski definition) is 2. The monoisotopic (exact) mass is 749 g/mol. The Bertz CT molecular complexity index is 4070. The lowest BCUT2D eigenvalue weighted by atomic mass is 10.0. The van der Waals surface area contributed by atoms with E-state index in [9.17, 15) is 0 Å². The Morgan fingerprint density at radius 2 is 0.915 bits per heavy atom. The maximum atomic E-state index is 5.63. The Kier molecular flexibility index (Phi) is 5.96. The van der Waals surface area contributed by atoms with E-state index in [4.69, 9.17) is 9.97 Å². The summed E-state index contributed by atoms with van der Waals surface area (Å²) in [5, 5.41) is 12.1. The molecule has 0 saturated carbocycles. The quantitative estimate of drug-likeness (QED) is 0.180. The maximum Gasteiger partial charge on any atom is 0.165 e. The third-order valence-corrected chi connectivity index (χ3v) is 12.7. The van der Waals surface area contributed by atoms with Gasteiger partial charge in [0.1, 0.15) is 5.69 Å². The molecule has 5 heteroatoms. The van der Waals surface area contributed by atoms with E-state index >= 15 is 0 Å². The number of hydrogen-bond donors (Lipinski definition) is 0. The molecule has 0 aliphatic rings. The fourth-order valence-electron chi connectivity index (χ4n) is 10.2. The molecular formula is C54H31N5. The molecule has 14 rings (SSSR count). The van der Waals surface area contributed by atoms with Gasteiger partial charge in [0.25, 0.3) is 0 Å². The van der Waals surface area contributed by atoms with Crippen molar-refractivity contribution in [3.05, 3.63) is 188 Å². The van der Waals surface area contributed by atoms with Crippen LogP contribution in [0.2, 0.25) is 0 Å². The van der Waals surface area contributed by atoms with E-state index in [-0.39, 0.29) is 0 Å². The second kappa shape index (κ2) is 11.3. The lowest BCUT2D eigenvalue weighted by molar-refractivity contribution is 1.08. The molecule has 9 aromatic carbocycles. The van der Waals surface area contributed by atoms with Gasteiger partial charge in [-0.25, -0.2) is 9.97 Å². The second-order valence-electron chi connectivity index (χ2n) is 15.8. The van der Waals surface area contributed by atoms with Crippen LogP contribution in [-0.4, -0.2) is 23.5 Å². The van der Waals surface area contributed by atoms with Crippen molar-refractivity contribution in [1.82, 2.24) is 23.5 Å². The minimum Gasteiger partial charge on any atom is -0.309 e. The number of nitrogens with zero attached hydrogens (tertiary/aromatic N) is 5. The average Bonchev–Trinajstić information content (AvgIpc) is 4.02. The van der Waals surface area contributed by atoms with Gasteiger partial charge in [-0.1, -0.05) is 115 Å². The Labute approximate surface area is 336 Å². The molecule has 5 aromatic heterocycles. The molecule has 59 heavy (non-hydrogen) atoms. The summed E-state index contributed by atoms with van der Waals surface area (Å²) in [7, 11) is 0. The summed E-state index contributed by atoms with van der Waals surface area (Å²) in [5.74, 6) is 0.813. The molecule has 0 spiro atoms. The van der Waals surface area contributed by atoms with Crippen LogP contribution in [0.4, 0.5) is 0 Å². The van der Waals surface area contributed by atoms with Gasteiger partial charge in [-0.3, -0.25) is 4.57 Å². The molecule has 0 saturated heterocycles. The summed E-state index contributed by atoms with van der Waals surface area (Å²) in [5.41, 5.74) is 12.9. The Hall–Kier alpha value is -8.02. The highest BCUT2D eigenvalue weighted by Crippen LogP contribution is 2.48. The fraction of sp³-hybridized carbons (Fsp3) is 0. The third kappa shape index (κ3) is 4.08. The van der Waals surface area contributed by atoms with Crippen LogP contribution in [0.1, 0.15) is 0 Å². The third-order valence-electron chi connectivity index (χ3n) is 12.7. The molecule has 5 nitrogen and oxygen atoms in total. The van der Waals surface area contributed by atoms with Gasteiger partial charge in [0.2, 0.25) is 0 Å². The van der Waals surface area contributed by atoms with E-state index in [1.807, 2.05) is 0 Å². The van der Waals surface area contributed by atoms with Crippen molar-refractivity contribution in [1.29, 1.82) is 0 Å². The molecule has 0 N–H and O–H groups in total. The van der Waals surface area contributed by atoms with Gasteiger partial charge in [0, 0.05) is 54.3 Å². The lowest BCUT2D eigenvalue weighted by Gasteiger charge is -2.15. The molecule has 5 heterocycles. The van der Waals surface area contributed by atoms with Gasteiger partial charge in [-0.05, 0) is 83.6 Å². The van der Waals surface area contributed by atoms with Crippen molar-refractivity contribution in [2.24, 2.45) is 0 Å². The van der Waals surface area contributed by atoms with Crippen molar-refractivity contribution in [2.75, 3.05) is 0 Å². The van der Waals surface area contributed by atoms with E-state index in [1.165, 1.54) is 75.9 Å². The van der Waals surface area contributed by atoms with Crippen molar-refractivity contribution in [3.8, 4) is 22.8 Å². The van der Waals surface area contributed by atoms with Gasteiger partial charge in [-0.2, -0.15) is 0 Å². The van der Waals surface area contributed by atoms with E-state index in [0.29, 0.717) is 0 Å². The number of para-hydroxylation sites is 6. The predicted octanol–water partition coefficient (Wildman–Crippen LogP) is 13.8. The van der Waals surface area contributed by atoms with Gasteiger partial charge in [-0.15, -0.1) is 0 Å². The first-order valence-electron chi connectivity index (χ1n) is 20.2. The van der Waals surface area contributed by atoms with E-state index in [1.54, 1.807) is 0 Å². The van der Waals surface area contributed by atoms with Crippen molar-refractivity contribution >= 4 is 104 Å². The van der Waals surface area contributed by atoms with Gasteiger partial charge in [0.05, 0.1) is 49.7 Å². The highest BCUT2D eigenvalue weighted by molar-refractivity contribution is 6.34. The highest BCUT2D eigenvalue weighted by atomic mass is 15.1. The van der Waals surface area contributed by atoms with Crippen LogP contribution in [0, 0.1) is 0 Å². The van der Waals surface area contributed by atoms with Crippen LogP contribution < -0.4 is 0 Å². The molecule has 0 amide bonds. The highest BCUT2D eigenvalue weighted by Gasteiger charge is 2.27. The first kappa shape index (κ1) is 31.1. The van der Waals surface area contributed by atoms with Crippen molar-refractivity contribution < 1.29 is 0 Å². The predicted molar refractivity (Wildman–Crippen MR) is 246 cm³/mol. The molecule has 0 atom stereocenters. The van der Waals surface area contributed by atoms with Crippen molar-refractivity contribution in [2.45, 2.75) is 0 Å². The number of fused-ring (bicyclic) bond motifs is 15. The molecular weight excluding hydrogens is 719 g/mol. The van der Waals surface area contributed by atoms with Crippen LogP contribution in [0.5, 0.6) is 0 Å². The summed E-state index contributed by atoms with van der Waals surface area (Å²) in [6, 6.07) is 68.0. The molecule has 14 aromatic rings. The van der Waals surface area contributed by atoms with Crippen molar-refractivity contribution in [3.63, 3.8) is 0 Å². The summed E-state index contributed by atoms with van der Waals surface area (Å²) in [4.78, 5) is 11.2. The molecule has 0 radical (unpaired) electrons. The molecule has 0 bridgehead atoms. The molecule has 0 unspecified atom stereocenters. The normalized spacial score (nSPS) is 12.4. The lowest BCUT2D eigenvalue weighted by Crippen LogP contribution is -2.04. The zero-order chi connectivity index (χ0) is 38.3. The van der Waals surface area contributed by atoms with Gasteiger partial charge < -0.3 is 8.97 Å². The molecule has 0 aliphatic heterocycles. The SMILES string of the molecule is c1ccc(-n2c3ccccc3c3cc(-c4nc5ccccc5nc4-n4c5cc6ccccc6cc5c5cc6c7ccccc7n7c8ccccc8c(c54)c67)ccc32)cc1. The average molecular weight is 750 g/mol. The Balaban J connectivity index is 1.18. The minimum absolute atomic E-state index is 0.813. The van der Waals surface area contributed by atoms with Crippen LogP contribution >= 0.6 is 0 Å². The maximum absolute atomic E-state index is 5.63. The van der Waals surface area contributed by atoms with Gasteiger partial charge >= 0.3 is 0 Å². The standard InChI is InChI=1S/C54H31N5/c1-2-16-35(17-3-1)57-45-23-11-6-18-36(45)39-29-34(26-27-48(39)57)51-54(56-44-22-10-9-21-43(44)55-51)59-49-30-33-15-5-4-14-32(33)28-40(49)42-31-41-37-19-7-12-24-46(37)58-47-25-13-8-20-38(47)50(52(41)58)53(42)59/h1-31H. The van der Waals surface area contributed by atoms with Gasteiger partial charge in [0.15, 0.2) is 5.82 Å². The first-order valence-corrected chi connectivity index (χ1v) is 20.2. The Morgan fingerprint density at radius 1 is 0.339 bits per heavy atom. The molecule has 0 aliphatic carbocycles. The molecule has 272 valence electrons. The second-order valence-corrected chi connectivity index (χ2v) is 15.8. The van der Waals surface area contributed by atoms with Crippen LogP contribution in [0.25, 0.3) is 126 Å². The van der Waals surface area contributed by atoms with E-state index < -0.39 is 0 Å². The molecule has 0 fully saturated rings. The number of rotatable bonds is 3. The van der Waals surface area contributed by atoms with Crippen LogP contribution in [0.3, 0.4) is 0 Å². The zero-order valence-electron chi connectivity index (χ0n) is 31.6. The van der Waals surface area contributed by atoms with Crippen LogP contribution in [0.15, 0.2) is 188 Å². The Morgan fingerprint density at radius 3 is 1.71 bits per heavy atom. The van der Waals surface area contributed by atoms with Crippen LogP contribution in [-0.2, 0) is 0 Å². The first-order chi connectivity index (χ1) is 29.3. The summed E-state index contributed by atoms with van der Waals surface area (Å²) in [6.45, 7) is 0. The number of benzene rings is 9. The summed E-state index contributed by atoms with van der Waals surface area (Å²) in [6.07, 6.45) is 0. The minimum atomic E-state index is 0.813. The largest absolute Gasteiger partial charge is 0.309 e. The topological polar surface area (TPSA) is 40.0 Å². The summed E-state index contributed by atoms with van der Waals surface area (Å²) < 4.78 is 7.27. The van der Waals surface area contributed by atoms with E-state index in [2.05, 4.69) is 202 Å².